The Bertz CT molecular complexity index is 1500. The average molecular weight is 559 g/mol. The molecule has 12 heteroatoms. The van der Waals surface area contributed by atoms with Gasteiger partial charge >= 0.3 is 6.18 Å². The van der Waals surface area contributed by atoms with Gasteiger partial charge in [0.15, 0.2) is 0 Å². The molecule has 0 saturated carbocycles. The highest BCUT2D eigenvalue weighted by molar-refractivity contribution is 7.16. The van der Waals surface area contributed by atoms with E-state index in [2.05, 4.69) is 34.0 Å². The number of aromatic nitrogens is 3. The average Bonchev–Trinajstić information content (AvgIpc) is 3.49. The van der Waals surface area contributed by atoms with E-state index in [-0.39, 0.29) is 16.2 Å². The number of nitrogens with two attached hydrogens (primary N) is 1. The molecule has 1 fully saturated rings. The van der Waals surface area contributed by atoms with Crippen LogP contribution in [0.5, 0.6) is 5.75 Å². The number of nitrogens with zero attached hydrogens (tertiary/aromatic N) is 4. The number of fused-ring (bicyclic) bond motifs is 1. The van der Waals surface area contributed by atoms with Gasteiger partial charge in [0.2, 0.25) is 0 Å². The quantitative estimate of drug-likeness (QED) is 0.334. The second-order valence-corrected chi connectivity index (χ2v) is 10.9. The maximum Gasteiger partial charge on any atom is 0.416 e. The molecule has 0 radical (unpaired) electrons. The number of hydrogen-bond donors (Lipinski definition) is 2. The van der Waals surface area contributed by atoms with E-state index in [1.165, 1.54) is 25.1 Å². The summed E-state index contributed by atoms with van der Waals surface area (Å²) in [6.45, 7) is 8.32. The number of thiophene rings is 1. The van der Waals surface area contributed by atoms with Gasteiger partial charge in [-0.1, -0.05) is 18.2 Å². The van der Waals surface area contributed by atoms with E-state index in [9.17, 15) is 18.0 Å². The summed E-state index contributed by atoms with van der Waals surface area (Å²) in [5, 5.41) is 4.07. The van der Waals surface area contributed by atoms with Crippen molar-refractivity contribution < 1.29 is 22.7 Å². The molecule has 1 aliphatic heterocycles. The third kappa shape index (κ3) is 5.63. The number of rotatable bonds is 7. The van der Waals surface area contributed by atoms with Crippen molar-refractivity contribution in [1.82, 2.24) is 24.8 Å². The molecule has 1 saturated heterocycles. The minimum absolute atomic E-state index is 0.0339. The lowest BCUT2D eigenvalue weighted by Gasteiger charge is -2.37. The first kappa shape index (κ1) is 27.1. The Morgan fingerprint density at radius 2 is 2.03 bits per heavy atom. The first-order chi connectivity index (χ1) is 18.5. The number of hydrogen-bond acceptors (Lipinski definition) is 7. The fourth-order valence-corrected chi connectivity index (χ4v) is 5.77. The van der Waals surface area contributed by atoms with Crippen LogP contribution in [0.4, 0.5) is 13.2 Å². The number of imidazole rings is 1. The van der Waals surface area contributed by atoms with E-state index in [0.29, 0.717) is 29.1 Å². The van der Waals surface area contributed by atoms with Gasteiger partial charge in [0.1, 0.15) is 33.6 Å². The van der Waals surface area contributed by atoms with Crippen LogP contribution in [0.2, 0.25) is 0 Å². The van der Waals surface area contributed by atoms with Crippen LogP contribution in [-0.2, 0) is 12.7 Å². The van der Waals surface area contributed by atoms with Crippen LogP contribution in [0.15, 0.2) is 48.9 Å². The Hall–Kier alpha value is -3.48. The maximum atomic E-state index is 13.6. The van der Waals surface area contributed by atoms with Crippen molar-refractivity contribution in [3.8, 4) is 10.8 Å². The van der Waals surface area contributed by atoms with Crippen LogP contribution >= 0.6 is 11.3 Å². The molecule has 3 atom stereocenters. The number of piperazine rings is 1. The molecule has 3 aromatic heterocycles. The van der Waals surface area contributed by atoms with Gasteiger partial charge in [0.05, 0.1) is 23.0 Å². The number of halogens is 3. The Morgan fingerprint density at radius 1 is 1.26 bits per heavy atom. The molecular weight excluding hydrogens is 529 g/mol. The van der Waals surface area contributed by atoms with Crippen LogP contribution in [0.25, 0.3) is 16.0 Å². The summed E-state index contributed by atoms with van der Waals surface area (Å²) in [6.07, 6.45) is -2.19. The van der Waals surface area contributed by atoms with Gasteiger partial charge in [-0.15, -0.1) is 11.3 Å². The Balaban J connectivity index is 1.46. The van der Waals surface area contributed by atoms with Gasteiger partial charge in [0, 0.05) is 43.3 Å². The zero-order valence-corrected chi connectivity index (χ0v) is 22.5. The molecule has 8 nitrogen and oxygen atoms in total. The second kappa shape index (κ2) is 10.6. The molecule has 3 N–H and O–H groups in total. The molecule has 206 valence electrons. The monoisotopic (exact) mass is 558 g/mol. The molecule has 4 heterocycles. The van der Waals surface area contributed by atoms with Crippen molar-refractivity contribution in [2.24, 2.45) is 5.73 Å². The summed E-state index contributed by atoms with van der Waals surface area (Å²) < 4.78 is 48.4. The molecule has 5 rings (SSSR count). The lowest BCUT2D eigenvalue weighted by molar-refractivity contribution is -0.139. The molecule has 1 aliphatic rings. The van der Waals surface area contributed by atoms with Crippen LogP contribution in [-0.4, -0.2) is 50.5 Å². The summed E-state index contributed by atoms with van der Waals surface area (Å²) >= 11 is 1.09. The van der Waals surface area contributed by atoms with E-state index in [0.717, 1.165) is 41.7 Å². The molecule has 0 bridgehead atoms. The number of amides is 1. The van der Waals surface area contributed by atoms with Gasteiger partial charge in [-0.25, -0.2) is 4.98 Å². The lowest BCUT2D eigenvalue weighted by Crippen LogP contribution is -2.53. The Morgan fingerprint density at radius 3 is 2.77 bits per heavy atom. The summed E-state index contributed by atoms with van der Waals surface area (Å²) in [4.78, 5) is 23.8. The standard InChI is InChI=1S/C27H29F3N6O2S/c1-15-12-35(16(2)10-32-15)13-18-8-22-21(11-33-18)34-14-36(22)24-9-23(25(39-24)26(31)37)38-17(3)19-6-4-5-7-20(19)27(28,29)30/h4-9,11,14-17,32H,10,12-13H2,1-3H3,(H2,31,37)/t15?,16?,17-/m1/s1. The highest BCUT2D eigenvalue weighted by atomic mass is 32.1. The minimum Gasteiger partial charge on any atom is -0.484 e. The molecule has 1 aromatic carbocycles. The Kier molecular flexibility index (Phi) is 7.36. The van der Waals surface area contributed by atoms with Crippen molar-refractivity contribution in [2.75, 3.05) is 13.1 Å². The van der Waals surface area contributed by atoms with Gasteiger partial charge in [0.25, 0.3) is 5.91 Å². The van der Waals surface area contributed by atoms with Crippen molar-refractivity contribution >= 4 is 28.3 Å². The molecule has 2 unspecified atom stereocenters. The van der Waals surface area contributed by atoms with E-state index in [4.69, 9.17) is 10.5 Å². The molecule has 1 amide bonds. The first-order valence-corrected chi connectivity index (χ1v) is 13.4. The summed E-state index contributed by atoms with van der Waals surface area (Å²) in [6, 6.07) is 9.54. The number of benzene rings is 1. The number of alkyl halides is 3. The van der Waals surface area contributed by atoms with Gasteiger partial charge < -0.3 is 15.8 Å². The fourth-order valence-electron chi connectivity index (χ4n) is 4.85. The fraction of sp³-hybridized carbons (Fsp3) is 0.370. The zero-order chi connectivity index (χ0) is 27.9. The predicted molar refractivity (Wildman–Crippen MR) is 143 cm³/mol. The number of carbonyl (C=O) groups is 1. The normalized spacial score (nSPS) is 19.3. The topological polar surface area (TPSA) is 98.3 Å². The second-order valence-electron chi connectivity index (χ2n) is 9.85. The summed E-state index contributed by atoms with van der Waals surface area (Å²) in [5.74, 6) is -0.613. The van der Waals surface area contributed by atoms with Gasteiger partial charge in [-0.3, -0.25) is 19.2 Å². The third-order valence-corrected chi connectivity index (χ3v) is 8.03. The van der Waals surface area contributed by atoms with Crippen LogP contribution in [0, 0.1) is 0 Å². The van der Waals surface area contributed by atoms with E-state index in [1.807, 2.05) is 10.6 Å². The highest BCUT2D eigenvalue weighted by Crippen LogP contribution is 2.39. The maximum absolute atomic E-state index is 13.6. The largest absolute Gasteiger partial charge is 0.484 e. The number of pyridine rings is 1. The molecule has 0 aliphatic carbocycles. The highest BCUT2D eigenvalue weighted by Gasteiger charge is 2.35. The smallest absolute Gasteiger partial charge is 0.416 e. The molecule has 39 heavy (non-hydrogen) atoms. The summed E-state index contributed by atoms with van der Waals surface area (Å²) in [7, 11) is 0. The predicted octanol–water partition coefficient (Wildman–Crippen LogP) is 4.92. The van der Waals surface area contributed by atoms with E-state index < -0.39 is 23.8 Å². The minimum atomic E-state index is -4.54. The Labute approximate surface area is 227 Å². The zero-order valence-electron chi connectivity index (χ0n) is 21.7. The van der Waals surface area contributed by atoms with Gasteiger partial charge in [-0.05, 0) is 32.9 Å². The summed E-state index contributed by atoms with van der Waals surface area (Å²) in [5.41, 5.74) is 7.14. The van der Waals surface area contributed by atoms with Crippen LogP contribution < -0.4 is 15.8 Å². The molecular formula is C27H29F3N6O2S. The van der Waals surface area contributed by atoms with E-state index in [1.54, 1.807) is 18.6 Å². The van der Waals surface area contributed by atoms with Crippen molar-refractivity contribution in [3.63, 3.8) is 0 Å². The molecule has 4 aromatic rings. The molecule has 0 spiro atoms. The third-order valence-electron chi connectivity index (χ3n) is 6.90. The van der Waals surface area contributed by atoms with Crippen LogP contribution in [0.3, 0.4) is 0 Å². The van der Waals surface area contributed by atoms with Crippen molar-refractivity contribution in [2.45, 2.75) is 51.7 Å². The number of primary amides is 1. The lowest BCUT2D eigenvalue weighted by atomic mass is 10.0. The number of nitrogens with one attached hydrogen (secondary N) is 1. The number of carbonyl (C=O) groups excluding carboxylic acids is 1. The van der Waals surface area contributed by atoms with E-state index >= 15 is 0 Å². The van der Waals surface area contributed by atoms with Gasteiger partial charge in [-0.2, -0.15) is 13.2 Å². The van der Waals surface area contributed by atoms with Crippen molar-refractivity contribution in [1.29, 1.82) is 0 Å². The SMILES string of the molecule is CC1CN(Cc2cc3c(cn2)ncn3-c2cc(O[C@H](C)c3ccccc3C(F)(F)F)c(C(N)=O)s2)C(C)CN1. The first-order valence-electron chi connectivity index (χ1n) is 12.6. The van der Waals surface area contributed by atoms with Crippen molar-refractivity contribution in [3.05, 3.63) is 70.6 Å². The number of ether oxygens (including phenoxy) is 1. The van der Waals surface area contributed by atoms with Crippen LogP contribution in [0.1, 0.15) is 53.4 Å².